The summed E-state index contributed by atoms with van der Waals surface area (Å²) in [6.45, 7) is 8.39. The fourth-order valence-electron chi connectivity index (χ4n) is 2.26. The molecule has 1 fully saturated rings. The lowest BCUT2D eigenvalue weighted by atomic mass is 10.0. The fourth-order valence-corrected chi connectivity index (χ4v) is 2.26. The number of hydrogen-bond acceptors (Lipinski definition) is 5. The summed E-state index contributed by atoms with van der Waals surface area (Å²) in [5.74, 6) is 0. The molecular weight excluding hydrogens is 262 g/mol. The molecule has 0 aromatic rings. The van der Waals surface area contributed by atoms with Crippen LogP contribution in [0.4, 0.5) is 4.79 Å². The molecular formula is C14H27NO5. The highest BCUT2D eigenvalue weighted by Gasteiger charge is 2.38. The molecule has 0 aromatic carbocycles. The van der Waals surface area contributed by atoms with Crippen LogP contribution >= 0.6 is 0 Å². The maximum atomic E-state index is 12.3. The van der Waals surface area contributed by atoms with Crippen LogP contribution in [-0.4, -0.2) is 62.4 Å². The number of nitrogens with zero attached hydrogens (tertiary/aromatic N) is 1. The van der Waals surface area contributed by atoms with Gasteiger partial charge in [-0.25, -0.2) is 4.79 Å². The van der Waals surface area contributed by atoms with Crippen molar-refractivity contribution in [3.8, 4) is 0 Å². The van der Waals surface area contributed by atoms with Gasteiger partial charge in [0.1, 0.15) is 5.60 Å². The highest BCUT2D eigenvalue weighted by atomic mass is 16.7. The maximum absolute atomic E-state index is 12.3. The Hall–Kier alpha value is -0.850. The molecule has 6 heteroatoms. The van der Waals surface area contributed by atoms with Gasteiger partial charge in [-0.1, -0.05) is 0 Å². The number of rotatable bonds is 4. The van der Waals surface area contributed by atoms with E-state index in [-0.39, 0.29) is 24.5 Å². The van der Waals surface area contributed by atoms with E-state index in [0.29, 0.717) is 19.6 Å². The second-order valence-electron chi connectivity index (χ2n) is 5.84. The Balaban J connectivity index is 2.75. The molecule has 0 radical (unpaired) electrons. The average Bonchev–Trinajstić information content (AvgIpc) is 2.37. The van der Waals surface area contributed by atoms with Crippen molar-refractivity contribution in [2.45, 2.75) is 58.2 Å². The topological polar surface area (TPSA) is 57.2 Å². The van der Waals surface area contributed by atoms with Gasteiger partial charge in [-0.3, -0.25) is 0 Å². The van der Waals surface area contributed by atoms with Crippen LogP contribution in [-0.2, 0) is 18.9 Å². The number of amides is 1. The first kappa shape index (κ1) is 17.2. The van der Waals surface area contributed by atoms with E-state index in [4.69, 9.17) is 18.9 Å². The molecule has 0 aromatic heterocycles. The minimum atomic E-state index is -0.516. The van der Waals surface area contributed by atoms with Crippen LogP contribution in [0.2, 0.25) is 0 Å². The molecule has 6 nitrogen and oxygen atoms in total. The molecule has 1 heterocycles. The van der Waals surface area contributed by atoms with Gasteiger partial charge in [-0.2, -0.15) is 0 Å². The van der Waals surface area contributed by atoms with Gasteiger partial charge in [0.15, 0.2) is 6.29 Å². The van der Waals surface area contributed by atoms with Crippen molar-refractivity contribution >= 4 is 6.09 Å². The summed E-state index contributed by atoms with van der Waals surface area (Å²) in [5.41, 5.74) is -0.516. The molecule has 1 aliphatic heterocycles. The standard InChI is InChI=1S/C14H27NO5/c1-7-15(13(16)20-14(2,3)4)10-9-19-12(18-6)8-11(10)17-5/h10-12H,7-9H2,1-6H3/t10-,11-,12?/m0/s1. The summed E-state index contributed by atoms with van der Waals surface area (Å²) >= 11 is 0. The minimum absolute atomic E-state index is 0.124. The van der Waals surface area contributed by atoms with Gasteiger partial charge < -0.3 is 23.8 Å². The maximum Gasteiger partial charge on any atom is 0.410 e. The van der Waals surface area contributed by atoms with Crippen molar-refractivity contribution < 1.29 is 23.7 Å². The van der Waals surface area contributed by atoms with Crippen molar-refractivity contribution in [2.24, 2.45) is 0 Å². The van der Waals surface area contributed by atoms with E-state index < -0.39 is 5.60 Å². The molecule has 1 unspecified atom stereocenters. The summed E-state index contributed by atoms with van der Waals surface area (Å²) in [4.78, 5) is 13.9. The van der Waals surface area contributed by atoms with Crippen LogP contribution in [0.1, 0.15) is 34.1 Å². The Kier molecular flexibility index (Phi) is 6.23. The van der Waals surface area contributed by atoms with Gasteiger partial charge in [0.2, 0.25) is 0 Å². The van der Waals surface area contributed by atoms with Crippen LogP contribution in [0.25, 0.3) is 0 Å². The lowest BCUT2D eigenvalue weighted by molar-refractivity contribution is -0.197. The Morgan fingerprint density at radius 1 is 1.30 bits per heavy atom. The number of ether oxygens (including phenoxy) is 4. The zero-order valence-corrected chi connectivity index (χ0v) is 13.3. The number of carbonyl (C=O) groups is 1. The SMILES string of the molecule is CCN(C(=O)OC(C)(C)C)[C@H]1COC(OC)C[C@@H]1OC. The zero-order chi connectivity index (χ0) is 15.3. The normalized spacial score (nSPS) is 27.2. The van der Waals surface area contributed by atoms with Gasteiger partial charge in [-0.15, -0.1) is 0 Å². The van der Waals surface area contributed by atoms with E-state index in [2.05, 4.69) is 0 Å². The van der Waals surface area contributed by atoms with E-state index >= 15 is 0 Å². The Morgan fingerprint density at radius 2 is 1.95 bits per heavy atom. The number of hydrogen-bond donors (Lipinski definition) is 0. The molecule has 0 spiro atoms. The summed E-state index contributed by atoms with van der Waals surface area (Å²) < 4.78 is 21.7. The van der Waals surface area contributed by atoms with E-state index in [1.807, 2.05) is 27.7 Å². The first-order valence-electron chi connectivity index (χ1n) is 6.99. The Bertz CT molecular complexity index is 315. The van der Waals surface area contributed by atoms with Crippen molar-refractivity contribution in [1.82, 2.24) is 4.90 Å². The molecule has 0 bridgehead atoms. The molecule has 118 valence electrons. The molecule has 0 aliphatic carbocycles. The van der Waals surface area contributed by atoms with Crippen molar-refractivity contribution in [3.63, 3.8) is 0 Å². The van der Waals surface area contributed by atoms with Crippen molar-refractivity contribution in [1.29, 1.82) is 0 Å². The molecule has 0 N–H and O–H groups in total. The van der Waals surface area contributed by atoms with Gasteiger partial charge >= 0.3 is 6.09 Å². The average molecular weight is 289 g/mol. The summed E-state index contributed by atoms with van der Waals surface area (Å²) in [6.07, 6.45) is -0.155. The summed E-state index contributed by atoms with van der Waals surface area (Å²) in [7, 11) is 3.24. The van der Waals surface area contributed by atoms with Crippen molar-refractivity contribution in [2.75, 3.05) is 27.4 Å². The van der Waals surface area contributed by atoms with Crippen molar-refractivity contribution in [3.05, 3.63) is 0 Å². The first-order chi connectivity index (χ1) is 9.32. The third-order valence-corrected chi connectivity index (χ3v) is 3.24. The third-order valence-electron chi connectivity index (χ3n) is 3.24. The number of methoxy groups -OCH3 is 2. The molecule has 20 heavy (non-hydrogen) atoms. The van der Waals surface area contributed by atoms with Crippen LogP contribution in [0.3, 0.4) is 0 Å². The monoisotopic (exact) mass is 289 g/mol. The van der Waals surface area contributed by atoms with Gasteiger partial charge in [-0.05, 0) is 27.7 Å². The highest BCUT2D eigenvalue weighted by Crippen LogP contribution is 2.23. The molecule has 1 amide bonds. The molecule has 1 aliphatic rings. The van der Waals surface area contributed by atoms with Gasteiger partial charge in [0.05, 0.1) is 18.8 Å². The van der Waals surface area contributed by atoms with Crippen LogP contribution in [0.5, 0.6) is 0 Å². The molecule has 1 rings (SSSR count). The Morgan fingerprint density at radius 3 is 2.40 bits per heavy atom. The van der Waals surface area contributed by atoms with E-state index in [1.165, 1.54) is 0 Å². The van der Waals surface area contributed by atoms with E-state index in [9.17, 15) is 4.79 Å². The van der Waals surface area contributed by atoms with Gasteiger partial charge in [0, 0.05) is 27.2 Å². The van der Waals surface area contributed by atoms with Crippen LogP contribution in [0.15, 0.2) is 0 Å². The minimum Gasteiger partial charge on any atom is -0.444 e. The fraction of sp³-hybridized carbons (Fsp3) is 0.929. The van der Waals surface area contributed by atoms with Gasteiger partial charge in [0.25, 0.3) is 0 Å². The lowest BCUT2D eigenvalue weighted by Gasteiger charge is -2.41. The van der Waals surface area contributed by atoms with E-state index in [0.717, 1.165) is 0 Å². The third kappa shape index (κ3) is 4.61. The second kappa shape index (κ2) is 7.24. The van der Waals surface area contributed by atoms with E-state index in [1.54, 1.807) is 19.1 Å². The quantitative estimate of drug-likeness (QED) is 0.792. The Labute approximate surface area is 121 Å². The van der Waals surface area contributed by atoms with Crippen LogP contribution < -0.4 is 0 Å². The predicted molar refractivity (Wildman–Crippen MR) is 74.6 cm³/mol. The highest BCUT2D eigenvalue weighted by molar-refractivity contribution is 5.68. The first-order valence-corrected chi connectivity index (χ1v) is 6.99. The van der Waals surface area contributed by atoms with Crippen LogP contribution in [0, 0.1) is 0 Å². The largest absolute Gasteiger partial charge is 0.444 e. The second-order valence-corrected chi connectivity index (χ2v) is 5.84. The molecule has 3 atom stereocenters. The lowest BCUT2D eigenvalue weighted by Crippen LogP contribution is -2.55. The number of likely N-dealkylation sites (N-methyl/N-ethyl adjacent to an activating group) is 1. The molecule has 0 saturated carbocycles. The zero-order valence-electron chi connectivity index (χ0n) is 13.3. The summed E-state index contributed by atoms with van der Waals surface area (Å²) in [6, 6.07) is -0.161. The summed E-state index contributed by atoms with van der Waals surface area (Å²) in [5, 5.41) is 0. The number of carbonyl (C=O) groups excluding carboxylic acids is 1. The molecule has 1 saturated heterocycles. The predicted octanol–water partition coefficient (Wildman–Crippen LogP) is 2.02. The smallest absolute Gasteiger partial charge is 0.410 e.